The van der Waals surface area contributed by atoms with Gasteiger partial charge < -0.3 is 15.7 Å². The molecule has 94 valence electrons. The van der Waals surface area contributed by atoms with Gasteiger partial charge >= 0.3 is 0 Å². The molecule has 0 aliphatic heterocycles. The van der Waals surface area contributed by atoms with Crippen LogP contribution in [-0.2, 0) is 0 Å². The average Bonchev–Trinajstić information content (AvgIpc) is 2.27. The van der Waals surface area contributed by atoms with Crippen LogP contribution in [0.25, 0.3) is 0 Å². The second-order valence-electron chi connectivity index (χ2n) is 4.03. The first-order valence-corrected chi connectivity index (χ1v) is 5.88. The second kappa shape index (κ2) is 6.47. The van der Waals surface area contributed by atoms with Crippen LogP contribution < -0.4 is 10.6 Å². The minimum absolute atomic E-state index is 0.0660. The molecule has 0 radical (unpaired) electrons. The number of aromatic hydroxyl groups is 1. The first-order valence-electron chi connectivity index (χ1n) is 5.51. The molecule has 0 fully saturated rings. The van der Waals surface area contributed by atoms with Crippen molar-refractivity contribution in [1.29, 1.82) is 0 Å². The Morgan fingerprint density at radius 3 is 2.76 bits per heavy atom. The highest BCUT2D eigenvalue weighted by molar-refractivity contribution is 6.31. The molecule has 1 aromatic rings. The molecule has 1 rings (SSSR count). The first-order chi connectivity index (χ1) is 8.00. The van der Waals surface area contributed by atoms with Crippen molar-refractivity contribution in [3.05, 3.63) is 28.8 Å². The Kier molecular flexibility index (Phi) is 5.25. The Hall–Kier alpha value is -1.26. The number of halogens is 1. The maximum Gasteiger partial charge on any atom is 0.255 e. The molecular weight excluding hydrogens is 240 g/mol. The van der Waals surface area contributed by atoms with E-state index in [9.17, 15) is 9.90 Å². The SMILES string of the molecule is CC(C)NCCNC(=O)c1cc(Cl)ccc1O. The Morgan fingerprint density at radius 2 is 2.12 bits per heavy atom. The van der Waals surface area contributed by atoms with Crippen molar-refractivity contribution in [2.75, 3.05) is 13.1 Å². The van der Waals surface area contributed by atoms with Crippen molar-refractivity contribution in [1.82, 2.24) is 10.6 Å². The van der Waals surface area contributed by atoms with E-state index in [2.05, 4.69) is 10.6 Å². The van der Waals surface area contributed by atoms with E-state index in [4.69, 9.17) is 11.6 Å². The third-order valence-corrected chi connectivity index (χ3v) is 2.40. The van der Waals surface area contributed by atoms with Crippen molar-refractivity contribution >= 4 is 17.5 Å². The van der Waals surface area contributed by atoms with Crippen molar-refractivity contribution in [3.63, 3.8) is 0 Å². The highest BCUT2D eigenvalue weighted by Gasteiger charge is 2.10. The van der Waals surface area contributed by atoms with Crippen LogP contribution in [0.2, 0.25) is 5.02 Å². The molecule has 0 heterocycles. The van der Waals surface area contributed by atoms with Gasteiger partial charge in [-0.15, -0.1) is 0 Å². The lowest BCUT2D eigenvalue weighted by atomic mass is 10.2. The van der Waals surface area contributed by atoms with Crippen LogP contribution in [0.3, 0.4) is 0 Å². The van der Waals surface area contributed by atoms with Gasteiger partial charge in [-0.05, 0) is 18.2 Å². The molecule has 5 heteroatoms. The third kappa shape index (κ3) is 4.63. The predicted octanol–water partition coefficient (Wildman–Crippen LogP) is 1.77. The van der Waals surface area contributed by atoms with E-state index < -0.39 is 0 Å². The lowest BCUT2D eigenvalue weighted by molar-refractivity contribution is 0.0951. The molecule has 0 spiro atoms. The molecule has 0 aliphatic carbocycles. The average molecular weight is 257 g/mol. The highest BCUT2D eigenvalue weighted by Crippen LogP contribution is 2.20. The second-order valence-corrected chi connectivity index (χ2v) is 4.46. The van der Waals surface area contributed by atoms with Gasteiger partial charge in [-0.3, -0.25) is 4.79 Å². The van der Waals surface area contributed by atoms with Crippen LogP contribution in [0.1, 0.15) is 24.2 Å². The summed E-state index contributed by atoms with van der Waals surface area (Å²) in [5, 5.41) is 15.8. The van der Waals surface area contributed by atoms with Crippen LogP contribution in [0.4, 0.5) is 0 Å². The van der Waals surface area contributed by atoms with E-state index in [1.54, 1.807) is 0 Å². The van der Waals surface area contributed by atoms with E-state index in [1.165, 1.54) is 18.2 Å². The van der Waals surface area contributed by atoms with Gasteiger partial charge in [0.2, 0.25) is 0 Å². The maximum atomic E-state index is 11.7. The highest BCUT2D eigenvalue weighted by atomic mass is 35.5. The van der Waals surface area contributed by atoms with Crippen LogP contribution in [0.5, 0.6) is 5.75 Å². The predicted molar refractivity (Wildman–Crippen MR) is 68.6 cm³/mol. The third-order valence-electron chi connectivity index (χ3n) is 2.17. The molecule has 3 N–H and O–H groups in total. The standard InChI is InChI=1S/C12H17ClN2O2/c1-8(2)14-5-6-15-12(17)10-7-9(13)3-4-11(10)16/h3-4,7-8,14,16H,5-6H2,1-2H3,(H,15,17). The van der Waals surface area contributed by atoms with Crippen molar-refractivity contribution in [3.8, 4) is 5.75 Å². The van der Waals surface area contributed by atoms with Gasteiger partial charge in [0, 0.05) is 24.2 Å². The van der Waals surface area contributed by atoms with E-state index in [0.29, 0.717) is 24.2 Å². The first kappa shape index (κ1) is 13.8. The van der Waals surface area contributed by atoms with Gasteiger partial charge in [-0.25, -0.2) is 0 Å². The zero-order valence-corrected chi connectivity index (χ0v) is 10.7. The fourth-order valence-electron chi connectivity index (χ4n) is 1.32. The number of amides is 1. The number of phenolic OH excluding ortho intramolecular Hbond substituents is 1. The molecule has 1 aromatic carbocycles. The smallest absolute Gasteiger partial charge is 0.255 e. The molecule has 0 saturated heterocycles. The van der Waals surface area contributed by atoms with Gasteiger partial charge in [0.15, 0.2) is 0 Å². The number of hydrogen-bond donors (Lipinski definition) is 3. The van der Waals surface area contributed by atoms with E-state index in [1.807, 2.05) is 13.8 Å². The lowest BCUT2D eigenvalue weighted by Gasteiger charge is -2.10. The summed E-state index contributed by atoms with van der Waals surface area (Å²) in [5.74, 6) is -0.390. The number of phenols is 1. The number of carbonyl (C=O) groups is 1. The summed E-state index contributed by atoms with van der Waals surface area (Å²) in [6.45, 7) is 5.25. The van der Waals surface area contributed by atoms with Gasteiger partial charge in [-0.2, -0.15) is 0 Å². The van der Waals surface area contributed by atoms with Gasteiger partial charge in [0.05, 0.1) is 5.56 Å². The molecule has 0 bridgehead atoms. The lowest BCUT2D eigenvalue weighted by Crippen LogP contribution is -2.34. The number of benzene rings is 1. The quantitative estimate of drug-likeness (QED) is 0.704. The number of rotatable bonds is 5. The van der Waals surface area contributed by atoms with E-state index in [-0.39, 0.29) is 17.2 Å². The molecule has 4 nitrogen and oxygen atoms in total. The normalized spacial score (nSPS) is 10.6. The van der Waals surface area contributed by atoms with Crippen molar-refractivity contribution < 1.29 is 9.90 Å². The molecule has 17 heavy (non-hydrogen) atoms. The Labute approximate surface area is 106 Å². The molecular formula is C12H17ClN2O2. The van der Waals surface area contributed by atoms with Gasteiger partial charge in [0.1, 0.15) is 5.75 Å². The summed E-state index contributed by atoms with van der Waals surface area (Å²) >= 11 is 5.76. The summed E-state index contributed by atoms with van der Waals surface area (Å²) in [7, 11) is 0. The largest absolute Gasteiger partial charge is 0.507 e. The zero-order chi connectivity index (χ0) is 12.8. The fourth-order valence-corrected chi connectivity index (χ4v) is 1.49. The fraction of sp³-hybridized carbons (Fsp3) is 0.417. The van der Waals surface area contributed by atoms with E-state index in [0.717, 1.165) is 0 Å². The summed E-state index contributed by atoms with van der Waals surface area (Å²) in [5.41, 5.74) is 0.196. The van der Waals surface area contributed by atoms with Crippen molar-refractivity contribution in [2.24, 2.45) is 0 Å². The maximum absolute atomic E-state index is 11.7. The Balaban J connectivity index is 2.49. The minimum atomic E-state index is -0.324. The summed E-state index contributed by atoms with van der Waals surface area (Å²) in [6.07, 6.45) is 0. The molecule has 1 amide bonds. The molecule has 0 atom stereocenters. The Morgan fingerprint density at radius 1 is 1.41 bits per heavy atom. The number of carbonyl (C=O) groups excluding carboxylic acids is 1. The molecule has 0 unspecified atom stereocenters. The molecule has 0 aromatic heterocycles. The van der Waals surface area contributed by atoms with Crippen LogP contribution in [0, 0.1) is 0 Å². The molecule has 0 saturated carbocycles. The van der Waals surface area contributed by atoms with E-state index >= 15 is 0 Å². The monoisotopic (exact) mass is 256 g/mol. The number of hydrogen-bond acceptors (Lipinski definition) is 3. The zero-order valence-electron chi connectivity index (χ0n) is 9.96. The number of nitrogens with one attached hydrogen (secondary N) is 2. The Bertz CT molecular complexity index is 394. The summed E-state index contributed by atoms with van der Waals surface area (Å²) in [6, 6.07) is 4.77. The van der Waals surface area contributed by atoms with Crippen LogP contribution >= 0.6 is 11.6 Å². The topological polar surface area (TPSA) is 61.4 Å². The van der Waals surface area contributed by atoms with Gasteiger partial charge in [0.25, 0.3) is 5.91 Å². The summed E-state index contributed by atoms with van der Waals surface area (Å²) < 4.78 is 0. The molecule has 0 aliphatic rings. The van der Waals surface area contributed by atoms with Gasteiger partial charge in [-0.1, -0.05) is 25.4 Å². The summed E-state index contributed by atoms with van der Waals surface area (Å²) in [4.78, 5) is 11.7. The van der Waals surface area contributed by atoms with Crippen LogP contribution in [0.15, 0.2) is 18.2 Å². The van der Waals surface area contributed by atoms with Crippen molar-refractivity contribution in [2.45, 2.75) is 19.9 Å². The van der Waals surface area contributed by atoms with Crippen LogP contribution in [-0.4, -0.2) is 30.1 Å². The minimum Gasteiger partial charge on any atom is -0.507 e.